The average Bonchev–Trinajstić information content (AvgIpc) is 2.26. The minimum absolute atomic E-state index is 0.238. The highest BCUT2D eigenvalue weighted by Crippen LogP contribution is 2.21. The van der Waals surface area contributed by atoms with Gasteiger partial charge in [0, 0.05) is 12.6 Å². The molecule has 1 heterocycles. The zero-order chi connectivity index (χ0) is 12.0. The first-order chi connectivity index (χ1) is 7.63. The molecule has 90 valence electrons. The van der Waals surface area contributed by atoms with Gasteiger partial charge in [0.05, 0.1) is 17.8 Å². The Hall–Kier alpha value is -0.880. The van der Waals surface area contributed by atoms with Crippen LogP contribution in [0.25, 0.3) is 0 Å². The Bertz CT molecular complexity index is 333. The molecule has 0 saturated carbocycles. The van der Waals surface area contributed by atoms with Gasteiger partial charge in [0.25, 0.3) is 0 Å². The van der Waals surface area contributed by atoms with Crippen LogP contribution in [0.4, 0.5) is 5.95 Å². The monoisotopic (exact) mass is 288 g/mol. The maximum absolute atomic E-state index is 5.65. The third-order valence-corrected chi connectivity index (χ3v) is 2.57. The van der Waals surface area contributed by atoms with Gasteiger partial charge in [0.2, 0.25) is 11.8 Å². The average molecular weight is 289 g/mol. The number of ether oxygens (including phenoxy) is 1. The van der Waals surface area contributed by atoms with E-state index in [9.17, 15) is 0 Å². The Kier molecular flexibility index (Phi) is 5.48. The summed E-state index contributed by atoms with van der Waals surface area (Å²) < 4.78 is 5.82. The van der Waals surface area contributed by atoms with Gasteiger partial charge < -0.3 is 15.8 Å². The minimum Gasteiger partial charge on any atom is -0.480 e. The molecule has 0 bridgehead atoms. The largest absolute Gasteiger partial charge is 0.480 e. The lowest BCUT2D eigenvalue weighted by molar-refractivity contribution is 0.394. The van der Waals surface area contributed by atoms with Crippen LogP contribution >= 0.6 is 15.9 Å². The van der Waals surface area contributed by atoms with Crippen LogP contribution in [0.2, 0.25) is 0 Å². The first kappa shape index (κ1) is 13.2. The third kappa shape index (κ3) is 4.32. The summed E-state index contributed by atoms with van der Waals surface area (Å²) in [5.41, 5.74) is 5.65. The number of halogens is 1. The third-order valence-electron chi connectivity index (χ3n) is 2.02. The maximum atomic E-state index is 5.65. The van der Waals surface area contributed by atoms with Crippen molar-refractivity contribution in [3.05, 3.63) is 10.7 Å². The standard InChI is InChI=1S/C10H17BrN4O/c1-7(12)4-3-5-13-10-14-6-8(11)9(15-10)16-2/h6-7H,3-5,12H2,1-2H3,(H,13,14,15). The van der Waals surface area contributed by atoms with Gasteiger partial charge in [0.15, 0.2) is 0 Å². The van der Waals surface area contributed by atoms with Crippen LogP contribution in [0.3, 0.4) is 0 Å². The lowest BCUT2D eigenvalue weighted by Gasteiger charge is -2.08. The molecule has 1 atom stereocenters. The van der Waals surface area contributed by atoms with Crippen LogP contribution in [-0.4, -0.2) is 29.7 Å². The number of nitrogens with zero attached hydrogens (tertiary/aromatic N) is 2. The fourth-order valence-corrected chi connectivity index (χ4v) is 1.56. The molecule has 0 fully saturated rings. The van der Waals surface area contributed by atoms with Crippen LogP contribution in [0.5, 0.6) is 5.88 Å². The number of nitrogens with one attached hydrogen (secondary N) is 1. The Morgan fingerprint density at radius 2 is 2.38 bits per heavy atom. The van der Waals surface area contributed by atoms with Gasteiger partial charge >= 0.3 is 0 Å². The predicted molar refractivity (Wildman–Crippen MR) is 67.7 cm³/mol. The normalized spacial score (nSPS) is 12.2. The SMILES string of the molecule is COc1nc(NCCCC(C)N)ncc1Br. The second-order valence-electron chi connectivity index (χ2n) is 3.60. The van der Waals surface area contributed by atoms with E-state index in [0.29, 0.717) is 11.8 Å². The van der Waals surface area contributed by atoms with E-state index >= 15 is 0 Å². The summed E-state index contributed by atoms with van der Waals surface area (Å²) in [5.74, 6) is 1.11. The number of aromatic nitrogens is 2. The molecule has 0 saturated heterocycles. The number of anilines is 1. The van der Waals surface area contributed by atoms with Crippen molar-refractivity contribution >= 4 is 21.9 Å². The molecule has 1 unspecified atom stereocenters. The molecular formula is C10H17BrN4O. The zero-order valence-electron chi connectivity index (χ0n) is 9.53. The highest BCUT2D eigenvalue weighted by molar-refractivity contribution is 9.10. The number of hydrogen-bond donors (Lipinski definition) is 2. The molecule has 0 radical (unpaired) electrons. The molecule has 1 aromatic rings. The van der Waals surface area contributed by atoms with Gasteiger partial charge in [-0.1, -0.05) is 0 Å². The summed E-state index contributed by atoms with van der Waals surface area (Å²) in [6.07, 6.45) is 3.65. The topological polar surface area (TPSA) is 73.1 Å². The summed E-state index contributed by atoms with van der Waals surface area (Å²) >= 11 is 3.30. The number of methoxy groups -OCH3 is 1. The van der Waals surface area contributed by atoms with E-state index < -0.39 is 0 Å². The first-order valence-electron chi connectivity index (χ1n) is 5.19. The van der Waals surface area contributed by atoms with Crippen molar-refractivity contribution in [2.45, 2.75) is 25.8 Å². The summed E-state index contributed by atoms with van der Waals surface area (Å²) in [7, 11) is 1.58. The minimum atomic E-state index is 0.238. The van der Waals surface area contributed by atoms with E-state index in [1.807, 2.05) is 6.92 Å². The van der Waals surface area contributed by atoms with Crippen LogP contribution < -0.4 is 15.8 Å². The fourth-order valence-electron chi connectivity index (χ4n) is 1.20. The maximum Gasteiger partial charge on any atom is 0.232 e. The van der Waals surface area contributed by atoms with E-state index in [4.69, 9.17) is 10.5 Å². The molecule has 0 aliphatic heterocycles. The van der Waals surface area contributed by atoms with Crippen LogP contribution in [-0.2, 0) is 0 Å². The van der Waals surface area contributed by atoms with E-state index in [-0.39, 0.29) is 6.04 Å². The number of rotatable bonds is 6. The quantitative estimate of drug-likeness (QED) is 0.781. The molecule has 0 aliphatic carbocycles. The van der Waals surface area contributed by atoms with Gasteiger partial charge in [-0.25, -0.2) is 4.98 Å². The van der Waals surface area contributed by atoms with Gasteiger partial charge in [-0.05, 0) is 35.7 Å². The van der Waals surface area contributed by atoms with E-state index in [0.717, 1.165) is 23.9 Å². The number of nitrogens with two attached hydrogens (primary N) is 1. The van der Waals surface area contributed by atoms with Crippen molar-refractivity contribution in [1.29, 1.82) is 0 Å². The Morgan fingerprint density at radius 1 is 1.62 bits per heavy atom. The molecule has 1 rings (SSSR count). The van der Waals surface area contributed by atoms with Crippen molar-refractivity contribution in [3.8, 4) is 5.88 Å². The van der Waals surface area contributed by atoms with E-state index in [2.05, 4.69) is 31.2 Å². The fraction of sp³-hybridized carbons (Fsp3) is 0.600. The Labute approximate surface area is 104 Å². The summed E-state index contributed by atoms with van der Waals surface area (Å²) in [6, 6.07) is 0.238. The molecule has 5 nitrogen and oxygen atoms in total. The molecule has 16 heavy (non-hydrogen) atoms. The molecule has 6 heteroatoms. The van der Waals surface area contributed by atoms with Crippen LogP contribution in [0.1, 0.15) is 19.8 Å². The van der Waals surface area contributed by atoms with E-state index in [1.165, 1.54) is 0 Å². The zero-order valence-corrected chi connectivity index (χ0v) is 11.1. The van der Waals surface area contributed by atoms with Crippen LogP contribution in [0, 0.1) is 0 Å². The summed E-state index contributed by atoms with van der Waals surface area (Å²) in [4.78, 5) is 8.31. The number of hydrogen-bond acceptors (Lipinski definition) is 5. The Balaban J connectivity index is 2.42. The van der Waals surface area contributed by atoms with Crippen molar-refractivity contribution in [2.75, 3.05) is 19.0 Å². The molecule has 0 aliphatic rings. The molecule has 3 N–H and O–H groups in total. The molecule has 0 amide bonds. The van der Waals surface area contributed by atoms with Gasteiger partial charge in [0.1, 0.15) is 0 Å². The van der Waals surface area contributed by atoms with Gasteiger partial charge in [-0.2, -0.15) is 4.98 Å². The highest BCUT2D eigenvalue weighted by atomic mass is 79.9. The van der Waals surface area contributed by atoms with Crippen molar-refractivity contribution < 1.29 is 4.74 Å². The predicted octanol–water partition coefficient (Wildman–Crippen LogP) is 1.79. The van der Waals surface area contributed by atoms with Gasteiger partial charge in [-0.15, -0.1) is 0 Å². The highest BCUT2D eigenvalue weighted by Gasteiger charge is 2.04. The summed E-state index contributed by atoms with van der Waals surface area (Å²) in [5, 5.41) is 3.12. The van der Waals surface area contributed by atoms with Gasteiger partial charge in [-0.3, -0.25) is 0 Å². The van der Waals surface area contributed by atoms with Crippen molar-refractivity contribution in [2.24, 2.45) is 5.73 Å². The lowest BCUT2D eigenvalue weighted by atomic mass is 10.2. The van der Waals surface area contributed by atoms with Crippen molar-refractivity contribution in [3.63, 3.8) is 0 Å². The molecule has 0 aromatic carbocycles. The van der Waals surface area contributed by atoms with E-state index in [1.54, 1.807) is 13.3 Å². The summed E-state index contributed by atoms with van der Waals surface area (Å²) in [6.45, 7) is 2.81. The molecule has 1 aromatic heterocycles. The van der Waals surface area contributed by atoms with Crippen molar-refractivity contribution in [1.82, 2.24) is 9.97 Å². The second kappa shape index (κ2) is 6.65. The smallest absolute Gasteiger partial charge is 0.232 e. The Morgan fingerprint density at radius 3 is 3.00 bits per heavy atom. The molecular weight excluding hydrogens is 272 g/mol. The first-order valence-corrected chi connectivity index (χ1v) is 5.98. The lowest BCUT2D eigenvalue weighted by Crippen LogP contribution is -2.16. The second-order valence-corrected chi connectivity index (χ2v) is 4.45. The molecule has 0 spiro atoms. The van der Waals surface area contributed by atoms with Crippen LogP contribution in [0.15, 0.2) is 10.7 Å².